The van der Waals surface area contributed by atoms with Gasteiger partial charge in [-0.05, 0) is 225 Å². The van der Waals surface area contributed by atoms with E-state index < -0.39 is 0 Å². The standard InChI is InChI=1S/3C26H18.2C19H15N.C13H11N/c1-17-9-8-16-24-25(17)20-12-4-7-15-23(20)26(24)21-13-5-2-10-18(21)19-11-3-6-14-22(19)26;1-17-14-15-25-21(16-17)20-10-4-7-13-24(20)26(25)22-11-5-2-8-18(22)19-9-3-6-12-23(19)26;1-17-14-15-21-20-10-4-7-13-24(20)26(25(21)16-17)22-11-5-2-8-18(22)19-9-3-6-12-23(19)26;1-20-18-10-6-5-9-16(18)17-13-15(11-12-19(17)20)14-7-3-2-4-8-14;1-20-18-10-6-5-9-16(18)17-12-11-15(13-19(17)20)14-7-3-2-4-8-14;1-14-12-8-4-2-6-10(12)11-7-3-5-9-13(11)14/h3*2-16H,1H3;2*2-13H,1H3;2-9H,1H3. The van der Waals surface area contributed by atoms with Crippen molar-refractivity contribution in [2.75, 3.05) is 0 Å². The molecule has 626 valence electrons. The molecule has 0 radical (unpaired) electrons. The first-order valence-electron chi connectivity index (χ1n) is 46.2. The van der Waals surface area contributed by atoms with Crippen molar-refractivity contribution in [3.63, 3.8) is 0 Å². The number of rotatable bonds is 2. The number of hydrogen-bond donors (Lipinski definition) is 0. The van der Waals surface area contributed by atoms with Crippen LogP contribution in [0.5, 0.6) is 0 Å². The van der Waals surface area contributed by atoms with E-state index in [1.165, 1.54) is 238 Å². The number of hydrogen-bond acceptors (Lipinski definition) is 0. The van der Waals surface area contributed by atoms with E-state index in [1.807, 2.05) is 0 Å². The molecule has 0 bridgehead atoms. The smallest absolute Gasteiger partial charge is 0.0725 e. The van der Waals surface area contributed by atoms with E-state index in [9.17, 15) is 0 Å². The fraction of sp³-hybridized carbons (Fsp3) is 0.0698. The maximum Gasteiger partial charge on any atom is 0.0725 e. The van der Waals surface area contributed by atoms with E-state index in [2.05, 4.69) is 523 Å². The molecule has 132 heavy (non-hydrogen) atoms. The Kier molecular flexibility index (Phi) is 19.0. The summed E-state index contributed by atoms with van der Waals surface area (Å²) in [6.45, 7) is 6.62. The fourth-order valence-electron chi connectivity index (χ4n) is 23.8. The molecule has 29 rings (SSSR count). The van der Waals surface area contributed by atoms with Crippen LogP contribution in [0.15, 0.2) is 467 Å². The second-order valence-corrected chi connectivity index (χ2v) is 36.2. The molecule has 0 amide bonds. The van der Waals surface area contributed by atoms with E-state index in [0.29, 0.717) is 0 Å². The molecule has 0 saturated heterocycles. The Hall–Kier alpha value is -16.2. The number of para-hydroxylation sites is 4. The minimum absolute atomic E-state index is 0.188. The maximum atomic E-state index is 2.40. The highest BCUT2D eigenvalue weighted by Crippen LogP contribution is 2.66. The van der Waals surface area contributed by atoms with E-state index in [1.54, 1.807) is 0 Å². The molecular formula is C129H95N3. The molecule has 3 aromatic heterocycles. The monoisotopic (exact) mass is 1690 g/mol. The number of benzene rings is 20. The fourth-order valence-corrected chi connectivity index (χ4v) is 23.8. The van der Waals surface area contributed by atoms with E-state index >= 15 is 0 Å². The molecule has 0 atom stereocenters. The second-order valence-electron chi connectivity index (χ2n) is 36.2. The number of nitrogens with zero attached hydrogens (tertiary/aromatic N) is 3. The summed E-state index contributed by atoms with van der Waals surface area (Å²) in [5, 5.41) is 7.97. The average molecular weight is 1690 g/mol. The molecule has 6 aliphatic rings. The zero-order chi connectivity index (χ0) is 88.5. The Morgan fingerprint density at radius 2 is 0.424 bits per heavy atom. The average Bonchev–Trinajstić information content (AvgIpc) is 1.52. The van der Waals surface area contributed by atoms with Crippen LogP contribution in [0.1, 0.15) is 83.5 Å². The van der Waals surface area contributed by atoms with E-state index in [4.69, 9.17) is 0 Å². The quantitative estimate of drug-likeness (QED) is 0.164. The third-order valence-corrected chi connectivity index (χ3v) is 29.4. The first-order chi connectivity index (χ1) is 65.0. The van der Waals surface area contributed by atoms with Crippen LogP contribution in [0.2, 0.25) is 0 Å². The summed E-state index contributed by atoms with van der Waals surface area (Å²) < 4.78 is 6.78. The molecule has 0 N–H and O–H groups in total. The largest absolute Gasteiger partial charge is 0.344 e. The van der Waals surface area contributed by atoms with Crippen LogP contribution in [0, 0.1) is 20.8 Å². The minimum Gasteiger partial charge on any atom is -0.344 e. The Morgan fingerprint density at radius 3 is 0.848 bits per heavy atom. The van der Waals surface area contributed by atoms with Gasteiger partial charge in [0, 0.05) is 86.6 Å². The first kappa shape index (κ1) is 79.2. The van der Waals surface area contributed by atoms with Crippen molar-refractivity contribution in [2.24, 2.45) is 21.1 Å². The molecule has 0 aliphatic heterocycles. The van der Waals surface area contributed by atoms with Crippen molar-refractivity contribution < 1.29 is 0 Å². The molecule has 3 heterocycles. The molecule has 20 aromatic carbocycles. The zero-order valence-corrected chi connectivity index (χ0v) is 74.8. The Balaban J connectivity index is 0.0000000883. The van der Waals surface area contributed by atoms with Crippen molar-refractivity contribution in [1.82, 2.24) is 13.7 Å². The van der Waals surface area contributed by atoms with Crippen molar-refractivity contribution in [1.29, 1.82) is 0 Å². The van der Waals surface area contributed by atoms with Gasteiger partial charge in [-0.2, -0.15) is 0 Å². The topological polar surface area (TPSA) is 14.8 Å². The highest BCUT2D eigenvalue weighted by molar-refractivity contribution is 6.12. The summed E-state index contributed by atoms with van der Waals surface area (Å²) in [5.74, 6) is 0. The maximum absolute atomic E-state index is 2.40. The van der Waals surface area contributed by atoms with Gasteiger partial charge >= 0.3 is 0 Å². The lowest BCUT2D eigenvalue weighted by Crippen LogP contribution is -2.25. The van der Waals surface area contributed by atoms with Crippen molar-refractivity contribution in [3.8, 4) is 89.0 Å². The van der Waals surface area contributed by atoms with E-state index in [-0.39, 0.29) is 16.2 Å². The van der Waals surface area contributed by atoms with Gasteiger partial charge in [0.2, 0.25) is 0 Å². The highest BCUT2D eigenvalue weighted by Gasteiger charge is 2.55. The normalized spacial score (nSPS) is 13.3. The molecule has 23 aromatic rings. The van der Waals surface area contributed by atoms with Crippen LogP contribution in [-0.2, 0) is 37.4 Å². The van der Waals surface area contributed by atoms with Crippen LogP contribution in [0.4, 0.5) is 0 Å². The van der Waals surface area contributed by atoms with Crippen molar-refractivity contribution >= 4 is 65.4 Å². The predicted molar refractivity (Wildman–Crippen MR) is 555 cm³/mol. The first-order valence-corrected chi connectivity index (χ1v) is 46.2. The van der Waals surface area contributed by atoms with Crippen LogP contribution in [-0.4, -0.2) is 13.7 Å². The summed E-state index contributed by atoms with van der Waals surface area (Å²) in [4.78, 5) is 0. The second kappa shape index (κ2) is 31.6. The van der Waals surface area contributed by atoms with Crippen LogP contribution in [0.25, 0.3) is 154 Å². The van der Waals surface area contributed by atoms with Crippen LogP contribution < -0.4 is 0 Å². The molecule has 0 unspecified atom stereocenters. The summed E-state index contributed by atoms with van der Waals surface area (Å²) in [5.41, 5.74) is 49.7. The Morgan fingerprint density at radius 1 is 0.152 bits per heavy atom. The van der Waals surface area contributed by atoms with Gasteiger partial charge in [-0.1, -0.05) is 436 Å². The summed E-state index contributed by atoms with van der Waals surface area (Å²) in [6.07, 6.45) is 0. The van der Waals surface area contributed by atoms with Gasteiger partial charge in [0.05, 0.1) is 16.2 Å². The molecular weight excluding hydrogens is 1590 g/mol. The van der Waals surface area contributed by atoms with Gasteiger partial charge in [-0.25, -0.2) is 0 Å². The molecule has 6 aliphatic carbocycles. The summed E-state index contributed by atoms with van der Waals surface area (Å²) >= 11 is 0. The lowest BCUT2D eigenvalue weighted by atomic mass is 9.70. The van der Waals surface area contributed by atoms with Crippen LogP contribution in [0.3, 0.4) is 0 Å². The third kappa shape index (κ3) is 11.9. The van der Waals surface area contributed by atoms with Crippen molar-refractivity contribution in [3.05, 3.63) is 551 Å². The molecule has 3 spiro atoms. The number of fused-ring (bicyclic) bond motifs is 39. The zero-order valence-electron chi connectivity index (χ0n) is 74.8. The SMILES string of the molecule is Cc1ccc2c(c1)-c1ccccc1C21c2ccccc2-c2ccccc21.Cc1ccc2c(c1)C1(c3ccccc3-c3ccccc31)c1ccccc1-2.Cc1cccc2c1-c1ccccc1C21c2ccccc2-c2ccccc21.Cn1c2ccccc2c2cc(-c3ccccc3)ccc21.Cn1c2ccccc2c2ccc(-c3ccccc3)cc21.Cn1c2ccccc2c2ccccc21. The molecule has 0 fully saturated rings. The Bertz CT molecular complexity index is 8240. The molecule has 3 heteroatoms. The van der Waals surface area contributed by atoms with Crippen molar-refractivity contribution in [2.45, 2.75) is 37.0 Å². The van der Waals surface area contributed by atoms with Gasteiger partial charge in [0.1, 0.15) is 0 Å². The lowest BCUT2D eigenvalue weighted by Gasteiger charge is -2.30. The van der Waals surface area contributed by atoms with Crippen LogP contribution >= 0.6 is 0 Å². The van der Waals surface area contributed by atoms with Gasteiger partial charge in [-0.3, -0.25) is 0 Å². The molecule has 3 nitrogen and oxygen atoms in total. The third-order valence-electron chi connectivity index (χ3n) is 29.4. The predicted octanol–water partition coefficient (Wildman–Crippen LogP) is 32.3. The van der Waals surface area contributed by atoms with Gasteiger partial charge in [0.25, 0.3) is 0 Å². The van der Waals surface area contributed by atoms with Gasteiger partial charge in [-0.15, -0.1) is 0 Å². The number of aromatic nitrogens is 3. The number of aryl methyl sites for hydroxylation is 6. The van der Waals surface area contributed by atoms with Gasteiger partial charge < -0.3 is 13.7 Å². The minimum atomic E-state index is -0.189. The summed E-state index contributed by atoms with van der Waals surface area (Å²) in [7, 11) is 6.39. The van der Waals surface area contributed by atoms with E-state index in [0.717, 1.165) is 0 Å². The highest BCUT2D eigenvalue weighted by atomic mass is 14.9. The molecule has 0 saturated carbocycles. The Labute approximate surface area is 771 Å². The summed E-state index contributed by atoms with van der Waals surface area (Å²) in [6, 6.07) is 170. The van der Waals surface area contributed by atoms with Gasteiger partial charge in [0.15, 0.2) is 0 Å². The lowest BCUT2D eigenvalue weighted by molar-refractivity contribution is 0.792.